The van der Waals surface area contributed by atoms with Crippen molar-refractivity contribution < 1.29 is 9.90 Å². The fraction of sp³-hybridized carbons (Fsp3) is 0.500. The van der Waals surface area contributed by atoms with Gasteiger partial charge >= 0.3 is 0 Å². The van der Waals surface area contributed by atoms with Crippen LogP contribution in [0.25, 0.3) is 0 Å². The molecule has 0 spiro atoms. The number of aliphatic hydroxyl groups excluding tert-OH is 1. The molecule has 1 aliphatic rings. The van der Waals surface area contributed by atoms with E-state index in [1.54, 1.807) is 0 Å². The largest absolute Gasteiger partial charge is 0.396 e. The summed E-state index contributed by atoms with van der Waals surface area (Å²) in [7, 11) is 0. The third kappa shape index (κ3) is 3.31. The fourth-order valence-corrected chi connectivity index (χ4v) is 2.27. The summed E-state index contributed by atoms with van der Waals surface area (Å²) in [5, 5.41) is 12.2. The molecule has 1 aliphatic heterocycles. The topological polar surface area (TPSA) is 52.6 Å². The van der Waals surface area contributed by atoms with E-state index in [0.717, 1.165) is 13.1 Å². The Morgan fingerprint density at radius 1 is 1.39 bits per heavy atom. The van der Waals surface area contributed by atoms with Gasteiger partial charge in [-0.2, -0.15) is 0 Å². The number of nitrogens with zero attached hydrogens (tertiary/aromatic N) is 1. The minimum absolute atomic E-state index is 0.0833. The highest BCUT2D eigenvalue weighted by atomic mass is 16.3. The van der Waals surface area contributed by atoms with Crippen molar-refractivity contribution in [3.63, 3.8) is 0 Å². The molecule has 18 heavy (non-hydrogen) atoms. The molecule has 2 rings (SSSR count). The lowest BCUT2D eigenvalue weighted by Gasteiger charge is -2.34. The van der Waals surface area contributed by atoms with E-state index in [4.69, 9.17) is 5.11 Å². The quantitative estimate of drug-likeness (QED) is 0.833. The normalized spacial score (nSPS) is 19.8. The van der Waals surface area contributed by atoms with Crippen molar-refractivity contribution in [2.24, 2.45) is 0 Å². The number of amides is 1. The summed E-state index contributed by atoms with van der Waals surface area (Å²) in [4.78, 5) is 13.8. The van der Waals surface area contributed by atoms with Crippen molar-refractivity contribution in [1.82, 2.24) is 10.2 Å². The second-order valence-corrected chi connectivity index (χ2v) is 4.58. The van der Waals surface area contributed by atoms with Crippen LogP contribution >= 0.6 is 0 Å². The van der Waals surface area contributed by atoms with Crippen LogP contribution in [0.2, 0.25) is 0 Å². The second kappa shape index (κ2) is 6.52. The van der Waals surface area contributed by atoms with Gasteiger partial charge in [0.1, 0.15) is 0 Å². The van der Waals surface area contributed by atoms with Crippen LogP contribution in [0.15, 0.2) is 30.3 Å². The van der Waals surface area contributed by atoms with Crippen molar-refractivity contribution in [3.8, 4) is 0 Å². The Bertz CT molecular complexity index is 381. The van der Waals surface area contributed by atoms with Crippen LogP contribution in [-0.4, -0.2) is 42.2 Å². The number of piperazine rings is 1. The Hall–Kier alpha value is -1.39. The van der Waals surface area contributed by atoms with Gasteiger partial charge in [0.15, 0.2) is 0 Å². The van der Waals surface area contributed by atoms with E-state index < -0.39 is 0 Å². The molecule has 0 bridgehead atoms. The average Bonchev–Trinajstić information content (AvgIpc) is 2.46. The van der Waals surface area contributed by atoms with Gasteiger partial charge in [0.25, 0.3) is 0 Å². The molecular weight excluding hydrogens is 228 g/mol. The maximum atomic E-state index is 11.9. The summed E-state index contributed by atoms with van der Waals surface area (Å²) in [6.07, 6.45) is 0.997. The predicted molar refractivity (Wildman–Crippen MR) is 70.1 cm³/mol. The van der Waals surface area contributed by atoms with Crippen LogP contribution in [0.5, 0.6) is 0 Å². The summed E-state index contributed by atoms with van der Waals surface area (Å²) in [5.74, 6) is 0.145. The molecule has 0 aromatic heterocycles. The Balaban J connectivity index is 1.94. The SMILES string of the molecule is O=C(CCCO)N1CCNC(c2ccccc2)C1. The Morgan fingerprint density at radius 2 is 2.17 bits per heavy atom. The highest BCUT2D eigenvalue weighted by molar-refractivity contribution is 5.76. The monoisotopic (exact) mass is 248 g/mol. The summed E-state index contributed by atoms with van der Waals surface area (Å²) in [5.41, 5.74) is 1.22. The summed E-state index contributed by atoms with van der Waals surface area (Å²) >= 11 is 0. The van der Waals surface area contributed by atoms with Crippen molar-refractivity contribution >= 4 is 5.91 Å². The lowest BCUT2D eigenvalue weighted by molar-refractivity contribution is -0.132. The molecule has 4 nitrogen and oxygen atoms in total. The molecule has 1 fully saturated rings. The first-order valence-electron chi connectivity index (χ1n) is 6.48. The minimum atomic E-state index is 0.0833. The third-order valence-electron chi connectivity index (χ3n) is 3.28. The minimum Gasteiger partial charge on any atom is -0.396 e. The number of benzene rings is 1. The van der Waals surface area contributed by atoms with E-state index in [-0.39, 0.29) is 18.6 Å². The molecule has 1 atom stereocenters. The first kappa shape index (κ1) is 13.1. The van der Waals surface area contributed by atoms with Gasteiger partial charge in [-0.05, 0) is 12.0 Å². The van der Waals surface area contributed by atoms with Gasteiger partial charge in [0, 0.05) is 38.7 Å². The van der Waals surface area contributed by atoms with Gasteiger partial charge in [-0.1, -0.05) is 30.3 Å². The molecule has 1 heterocycles. The van der Waals surface area contributed by atoms with Crippen LogP contribution in [0, 0.1) is 0 Å². The summed E-state index contributed by atoms with van der Waals surface area (Å²) < 4.78 is 0. The number of nitrogens with one attached hydrogen (secondary N) is 1. The highest BCUT2D eigenvalue weighted by Crippen LogP contribution is 2.17. The molecular formula is C14H20N2O2. The van der Waals surface area contributed by atoms with Gasteiger partial charge in [0.2, 0.25) is 5.91 Å². The molecule has 1 unspecified atom stereocenters. The number of hydrogen-bond acceptors (Lipinski definition) is 3. The first-order valence-corrected chi connectivity index (χ1v) is 6.48. The molecule has 0 radical (unpaired) electrons. The predicted octanol–water partition coefficient (Wildman–Crippen LogP) is 0.932. The van der Waals surface area contributed by atoms with Crippen molar-refractivity contribution in [2.75, 3.05) is 26.2 Å². The van der Waals surface area contributed by atoms with Crippen LogP contribution in [0.3, 0.4) is 0 Å². The molecule has 1 aromatic rings. The molecule has 1 aromatic carbocycles. The van der Waals surface area contributed by atoms with E-state index in [2.05, 4.69) is 17.4 Å². The average molecular weight is 248 g/mol. The van der Waals surface area contributed by atoms with Gasteiger partial charge in [-0.25, -0.2) is 0 Å². The van der Waals surface area contributed by atoms with Crippen LogP contribution in [0.1, 0.15) is 24.4 Å². The number of aliphatic hydroxyl groups is 1. The Morgan fingerprint density at radius 3 is 2.89 bits per heavy atom. The maximum absolute atomic E-state index is 11.9. The number of carbonyl (C=O) groups excluding carboxylic acids is 1. The number of hydrogen-bond donors (Lipinski definition) is 2. The number of carbonyl (C=O) groups is 1. The highest BCUT2D eigenvalue weighted by Gasteiger charge is 2.23. The van der Waals surface area contributed by atoms with Gasteiger partial charge in [0.05, 0.1) is 0 Å². The van der Waals surface area contributed by atoms with E-state index in [1.165, 1.54) is 5.56 Å². The molecule has 0 saturated carbocycles. The van der Waals surface area contributed by atoms with Crippen molar-refractivity contribution in [2.45, 2.75) is 18.9 Å². The van der Waals surface area contributed by atoms with Gasteiger partial charge in [-0.3, -0.25) is 4.79 Å². The van der Waals surface area contributed by atoms with Crippen LogP contribution in [-0.2, 0) is 4.79 Å². The first-order chi connectivity index (χ1) is 8.81. The molecule has 1 saturated heterocycles. The van der Waals surface area contributed by atoms with Gasteiger partial charge in [-0.15, -0.1) is 0 Å². The smallest absolute Gasteiger partial charge is 0.222 e. The Kier molecular flexibility index (Phi) is 4.73. The van der Waals surface area contributed by atoms with Gasteiger partial charge < -0.3 is 15.3 Å². The number of rotatable bonds is 4. The maximum Gasteiger partial charge on any atom is 0.222 e. The summed E-state index contributed by atoms with van der Waals surface area (Å²) in [6.45, 7) is 2.38. The second-order valence-electron chi connectivity index (χ2n) is 4.58. The van der Waals surface area contributed by atoms with Crippen LogP contribution < -0.4 is 5.32 Å². The lowest BCUT2D eigenvalue weighted by atomic mass is 10.0. The summed E-state index contributed by atoms with van der Waals surface area (Å²) in [6, 6.07) is 10.4. The van der Waals surface area contributed by atoms with Crippen LogP contribution in [0.4, 0.5) is 0 Å². The van der Waals surface area contributed by atoms with E-state index in [0.29, 0.717) is 19.4 Å². The Labute approximate surface area is 108 Å². The third-order valence-corrected chi connectivity index (χ3v) is 3.28. The molecule has 2 N–H and O–H groups in total. The van der Waals surface area contributed by atoms with Crippen molar-refractivity contribution in [1.29, 1.82) is 0 Å². The zero-order valence-corrected chi connectivity index (χ0v) is 10.5. The fourth-order valence-electron chi connectivity index (χ4n) is 2.27. The zero-order chi connectivity index (χ0) is 12.8. The standard InChI is InChI=1S/C14H20N2O2/c17-10-4-7-14(18)16-9-8-15-13(11-16)12-5-2-1-3-6-12/h1-3,5-6,13,15,17H,4,7-11H2. The lowest BCUT2D eigenvalue weighted by Crippen LogP contribution is -2.48. The molecule has 4 heteroatoms. The molecule has 0 aliphatic carbocycles. The van der Waals surface area contributed by atoms with E-state index in [9.17, 15) is 4.79 Å². The molecule has 1 amide bonds. The van der Waals surface area contributed by atoms with E-state index >= 15 is 0 Å². The zero-order valence-electron chi connectivity index (χ0n) is 10.5. The molecule has 98 valence electrons. The van der Waals surface area contributed by atoms with Crippen molar-refractivity contribution in [3.05, 3.63) is 35.9 Å². The van der Waals surface area contributed by atoms with E-state index in [1.807, 2.05) is 23.1 Å².